The number of aromatic nitrogens is 2. The normalized spacial score (nSPS) is 11.6. The lowest BCUT2D eigenvalue weighted by atomic mass is 9.97. The first-order chi connectivity index (χ1) is 27.8. The Morgan fingerprint density at radius 2 is 0.714 bits per heavy atom. The predicted octanol–water partition coefficient (Wildman–Crippen LogP) is 14.5. The van der Waals surface area contributed by atoms with Crippen molar-refractivity contribution in [3.8, 4) is 55.9 Å². The molecule has 0 bridgehead atoms. The van der Waals surface area contributed by atoms with Crippen LogP contribution in [0.1, 0.15) is 0 Å². The lowest BCUT2D eigenvalue weighted by molar-refractivity contribution is 1.18. The van der Waals surface area contributed by atoms with Crippen molar-refractivity contribution in [1.82, 2.24) is 9.13 Å². The average molecular weight is 713 g/mol. The minimum absolute atomic E-state index is 1.14. The van der Waals surface area contributed by atoms with Crippen molar-refractivity contribution in [3.63, 3.8) is 0 Å². The van der Waals surface area contributed by atoms with Crippen LogP contribution in [0.15, 0.2) is 218 Å². The van der Waals surface area contributed by atoms with Crippen molar-refractivity contribution >= 4 is 43.6 Å². The highest BCUT2D eigenvalue weighted by Gasteiger charge is 2.19. The number of nitrogens with zero attached hydrogens (tertiary/aromatic N) is 2. The number of rotatable bonds is 6. The van der Waals surface area contributed by atoms with E-state index in [-0.39, 0.29) is 0 Å². The average Bonchev–Trinajstić information content (AvgIpc) is 3.80. The third kappa shape index (κ3) is 5.26. The van der Waals surface area contributed by atoms with Gasteiger partial charge in [0.1, 0.15) is 0 Å². The fraction of sp³-hybridized carbons (Fsp3) is 0. The van der Waals surface area contributed by atoms with Gasteiger partial charge in [0.15, 0.2) is 0 Å². The van der Waals surface area contributed by atoms with Crippen LogP contribution in [0.4, 0.5) is 0 Å². The van der Waals surface area contributed by atoms with Crippen LogP contribution in [0, 0.1) is 0 Å². The first-order valence-corrected chi connectivity index (χ1v) is 19.3. The van der Waals surface area contributed by atoms with E-state index in [9.17, 15) is 0 Å². The van der Waals surface area contributed by atoms with Crippen LogP contribution in [0.5, 0.6) is 0 Å². The Hall–Kier alpha value is -7.42. The summed E-state index contributed by atoms with van der Waals surface area (Å²) in [5.74, 6) is 0. The lowest BCUT2D eigenvalue weighted by Gasteiger charge is -2.15. The SMILES string of the molecule is c1ccc(-c2cc(-c3ccccc3)cc(-n3c4ccccc4c4ccc(-c5cccc6c7ccccc7n(-c7cccc(-c8ccccc8)c7)c56)cc43)c2)cc1. The molecule has 0 amide bonds. The van der Waals surface area contributed by atoms with E-state index in [2.05, 4.69) is 228 Å². The molecule has 11 aromatic rings. The molecule has 2 nitrogen and oxygen atoms in total. The van der Waals surface area contributed by atoms with Crippen LogP contribution in [0.3, 0.4) is 0 Å². The molecule has 0 fully saturated rings. The Bertz CT molecular complexity index is 3170. The van der Waals surface area contributed by atoms with Crippen LogP contribution in [0.2, 0.25) is 0 Å². The minimum atomic E-state index is 1.14. The third-order valence-corrected chi connectivity index (χ3v) is 11.3. The molecule has 11 rings (SSSR count). The van der Waals surface area contributed by atoms with Crippen molar-refractivity contribution in [2.75, 3.05) is 0 Å². The summed E-state index contributed by atoms with van der Waals surface area (Å²) >= 11 is 0. The topological polar surface area (TPSA) is 9.86 Å². The summed E-state index contributed by atoms with van der Waals surface area (Å²) < 4.78 is 4.92. The maximum absolute atomic E-state index is 2.46. The van der Waals surface area contributed by atoms with E-state index in [0.717, 1.165) is 11.4 Å². The highest BCUT2D eigenvalue weighted by Crippen LogP contribution is 2.42. The number of para-hydroxylation sites is 3. The van der Waals surface area contributed by atoms with E-state index < -0.39 is 0 Å². The fourth-order valence-corrected chi connectivity index (χ4v) is 8.73. The van der Waals surface area contributed by atoms with Gasteiger partial charge >= 0.3 is 0 Å². The second-order valence-electron chi connectivity index (χ2n) is 14.6. The summed E-state index contributed by atoms with van der Waals surface area (Å²) in [7, 11) is 0. The summed E-state index contributed by atoms with van der Waals surface area (Å²) in [6.07, 6.45) is 0. The molecule has 0 aliphatic heterocycles. The Balaban J connectivity index is 1.17. The molecular weight excluding hydrogens is 677 g/mol. The van der Waals surface area contributed by atoms with Crippen LogP contribution in [0.25, 0.3) is 99.5 Å². The number of hydrogen-bond acceptors (Lipinski definition) is 0. The van der Waals surface area contributed by atoms with Gasteiger partial charge in [-0.2, -0.15) is 0 Å². The van der Waals surface area contributed by atoms with Gasteiger partial charge in [-0.15, -0.1) is 0 Å². The highest BCUT2D eigenvalue weighted by molar-refractivity contribution is 6.15. The minimum Gasteiger partial charge on any atom is -0.309 e. The molecule has 2 heterocycles. The van der Waals surface area contributed by atoms with Gasteiger partial charge in [0.2, 0.25) is 0 Å². The second-order valence-corrected chi connectivity index (χ2v) is 14.6. The van der Waals surface area contributed by atoms with Crippen molar-refractivity contribution in [3.05, 3.63) is 218 Å². The van der Waals surface area contributed by atoms with Crippen molar-refractivity contribution < 1.29 is 0 Å². The van der Waals surface area contributed by atoms with Gasteiger partial charge in [-0.1, -0.05) is 170 Å². The molecule has 0 saturated heterocycles. The van der Waals surface area contributed by atoms with Gasteiger partial charge in [-0.05, 0) is 87.5 Å². The summed E-state index contributed by atoms with van der Waals surface area (Å²) in [4.78, 5) is 0. The van der Waals surface area contributed by atoms with E-state index in [4.69, 9.17) is 0 Å². The van der Waals surface area contributed by atoms with Crippen molar-refractivity contribution in [2.45, 2.75) is 0 Å². The van der Waals surface area contributed by atoms with Crippen LogP contribution < -0.4 is 0 Å². The third-order valence-electron chi connectivity index (χ3n) is 11.3. The van der Waals surface area contributed by atoms with Gasteiger partial charge in [0.05, 0.1) is 22.1 Å². The maximum Gasteiger partial charge on any atom is 0.0619 e. The summed E-state index contributed by atoms with van der Waals surface area (Å²) in [5, 5.41) is 4.97. The maximum atomic E-state index is 2.46. The van der Waals surface area contributed by atoms with Gasteiger partial charge in [0.25, 0.3) is 0 Å². The molecule has 0 N–H and O–H groups in total. The van der Waals surface area contributed by atoms with Crippen molar-refractivity contribution in [2.24, 2.45) is 0 Å². The molecule has 0 radical (unpaired) electrons. The molecule has 2 aromatic heterocycles. The van der Waals surface area contributed by atoms with Crippen LogP contribution in [-0.2, 0) is 0 Å². The van der Waals surface area contributed by atoms with E-state index >= 15 is 0 Å². The van der Waals surface area contributed by atoms with Gasteiger partial charge < -0.3 is 9.13 Å². The Labute approximate surface area is 325 Å². The number of fused-ring (bicyclic) bond motifs is 6. The van der Waals surface area contributed by atoms with E-state index in [0.29, 0.717) is 0 Å². The molecule has 0 unspecified atom stereocenters. The highest BCUT2D eigenvalue weighted by atomic mass is 15.0. The van der Waals surface area contributed by atoms with E-state index in [1.807, 2.05) is 0 Å². The summed E-state index contributed by atoms with van der Waals surface area (Å²) in [5.41, 5.74) is 16.6. The monoisotopic (exact) mass is 712 g/mol. The lowest BCUT2D eigenvalue weighted by Crippen LogP contribution is -1.97. The molecule has 0 aliphatic rings. The molecule has 262 valence electrons. The molecule has 0 aliphatic carbocycles. The van der Waals surface area contributed by atoms with Gasteiger partial charge in [-0.25, -0.2) is 0 Å². The molecule has 9 aromatic carbocycles. The number of hydrogen-bond donors (Lipinski definition) is 0. The van der Waals surface area contributed by atoms with Crippen LogP contribution in [-0.4, -0.2) is 9.13 Å². The summed E-state index contributed by atoms with van der Waals surface area (Å²) in [6.45, 7) is 0. The first kappa shape index (κ1) is 32.0. The quantitative estimate of drug-likeness (QED) is 0.162. The molecule has 0 saturated carbocycles. The molecule has 0 atom stereocenters. The Kier molecular flexibility index (Phi) is 7.53. The zero-order valence-electron chi connectivity index (χ0n) is 30.7. The zero-order chi connectivity index (χ0) is 37.0. The standard InChI is InChI=1S/C54H36N2/c1-4-16-37(17-5-1)40-22-14-23-44(33-40)56-52-29-13-11-25-48(52)50-27-15-26-46(54(50)56)41-30-31-49-47-24-10-12-28-51(47)55(53(49)36-41)45-34-42(38-18-6-2-7-19-38)32-43(35-45)39-20-8-3-9-21-39/h1-36H. The van der Waals surface area contributed by atoms with Gasteiger partial charge in [0, 0.05) is 38.5 Å². The number of benzene rings is 9. The van der Waals surface area contributed by atoms with E-state index in [1.165, 1.54) is 88.1 Å². The first-order valence-electron chi connectivity index (χ1n) is 19.3. The molecular formula is C54H36N2. The van der Waals surface area contributed by atoms with E-state index in [1.54, 1.807) is 0 Å². The van der Waals surface area contributed by atoms with Gasteiger partial charge in [-0.3, -0.25) is 0 Å². The Morgan fingerprint density at radius 3 is 1.38 bits per heavy atom. The second kappa shape index (κ2) is 13.2. The molecule has 56 heavy (non-hydrogen) atoms. The smallest absolute Gasteiger partial charge is 0.0619 e. The van der Waals surface area contributed by atoms with Crippen LogP contribution >= 0.6 is 0 Å². The zero-order valence-corrected chi connectivity index (χ0v) is 30.7. The Morgan fingerprint density at radius 1 is 0.232 bits per heavy atom. The predicted molar refractivity (Wildman–Crippen MR) is 237 cm³/mol. The summed E-state index contributed by atoms with van der Waals surface area (Å²) in [6, 6.07) is 79.5. The molecule has 2 heteroatoms. The fourth-order valence-electron chi connectivity index (χ4n) is 8.73. The largest absolute Gasteiger partial charge is 0.309 e. The van der Waals surface area contributed by atoms with Crippen molar-refractivity contribution in [1.29, 1.82) is 0 Å². The molecule has 0 spiro atoms.